The van der Waals surface area contributed by atoms with Gasteiger partial charge >= 0.3 is 0 Å². The van der Waals surface area contributed by atoms with Crippen LogP contribution >= 0.6 is 0 Å². The Labute approximate surface area is 161 Å². The summed E-state index contributed by atoms with van der Waals surface area (Å²) < 4.78 is 0. The molecule has 2 aromatic rings. The maximum absolute atomic E-state index is 9.75. The molecule has 0 aromatic heterocycles. The van der Waals surface area contributed by atoms with Crippen molar-refractivity contribution >= 4 is 16.7 Å². The van der Waals surface area contributed by atoms with Crippen molar-refractivity contribution in [1.82, 2.24) is 0 Å². The molecular formula is C25H26O2. The third-order valence-corrected chi connectivity index (χ3v) is 5.91. The number of rotatable bonds is 4. The molecule has 0 saturated carbocycles. The lowest BCUT2D eigenvalue weighted by molar-refractivity contribution is 0.0566. The molecule has 2 aliphatic rings. The zero-order chi connectivity index (χ0) is 19.0. The van der Waals surface area contributed by atoms with E-state index in [-0.39, 0.29) is 13.2 Å². The minimum absolute atomic E-state index is 0.0152. The summed E-state index contributed by atoms with van der Waals surface area (Å²) in [5.41, 5.74) is 9.25. The molecule has 0 heterocycles. The number of allylic oxidation sites excluding steroid dienone is 5. The molecule has 2 heteroatoms. The second-order valence-electron chi connectivity index (χ2n) is 8.05. The molecule has 2 nitrogen and oxygen atoms in total. The SMILES string of the molecule is C=C1CC(CO)(CO)Cc2ccc(C3=CC(c4cccc(C)c4)=CC3)cc21. The first-order valence-electron chi connectivity index (χ1n) is 9.54. The van der Waals surface area contributed by atoms with E-state index in [0.717, 1.165) is 12.0 Å². The molecule has 2 N–H and O–H groups in total. The fourth-order valence-electron chi connectivity index (χ4n) is 4.30. The van der Waals surface area contributed by atoms with Crippen molar-refractivity contribution in [1.29, 1.82) is 0 Å². The van der Waals surface area contributed by atoms with Crippen molar-refractivity contribution in [3.8, 4) is 0 Å². The van der Waals surface area contributed by atoms with Gasteiger partial charge in [-0.2, -0.15) is 0 Å². The molecule has 0 amide bonds. The Kier molecular flexibility index (Phi) is 4.63. The first kappa shape index (κ1) is 18.0. The summed E-state index contributed by atoms with van der Waals surface area (Å²) in [7, 11) is 0. The minimum Gasteiger partial charge on any atom is -0.396 e. The summed E-state index contributed by atoms with van der Waals surface area (Å²) in [6.45, 7) is 6.32. The molecule has 27 heavy (non-hydrogen) atoms. The van der Waals surface area contributed by atoms with Gasteiger partial charge in [-0.3, -0.25) is 0 Å². The number of benzene rings is 2. The Morgan fingerprint density at radius 1 is 1.00 bits per heavy atom. The second-order valence-corrected chi connectivity index (χ2v) is 8.05. The van der Waals surface area contributed by atoms with Gasteiger partial charge < -0.3 is 10.2 Å². The van der Waals surface area contributed by atoms with Gasteiger partial charge in [0.2, 0.25) is 0 Å². The van der Waals surface area contributed by atoms with Crippen LogP contribution in [-0.2, 0) is 6.42 Å². The van der Waals surface area contributed by atoms with E-state index in [1.54, 1.807) is 0 Å². The number of hydrogen-bond acceptors (Lipinski definition) is 2. The average Bonchev–Trinajstić information content (AvgIpc) is 3.18. The second kappa shape index (κ2) is 6.95. The van der Waals surface area contributed by atoms with Crippen LogP contribution in [0.2, 0.25) is 0 Å². The first-order chi connectivity index (χ1) is 13.0. The summed E-state index contributed by atoms with van der Waals surface area (Å²) in [6, 6.07) is 15.2. The van der Waals surface area contributed by atoms with Crippen molar-refractivity contribution in [2.45, 2.75) is 26.2 Å². The van der Waals surface area contributed by atoms with E-state index in [4.69, 9.17) is 0 Å². The standard InChI is InChI=1S/C25H26O2/c1-17-4-3-5-19(10-17)20-6-7-21(11-20)22-8-9-23-14-25(15-26,16-27)13-18(2)24(23)12-22/h3-6,8-12,26-27H,2,7,13-16H2,1H3. The van der Waals surface area contributed by atoms with Crippen LogP contribution in [0.4, 0.5) is 0 Å². The minimum atomic E-state index is -0.474. The van der Waals surface area contributed by atoms with Crippen LogP contribution in [0.1, 0.15) is 40.7 Å². The molecule has 0 atom stereocenters. The number of aliphatic hydroxyl groups is 2. The van der Waals surface area contributed by atoms with Gasteiger partial charge in [-0.1, -0.05) is 60.7 Å². The first-order valence-corrected chi connectivity index (χ1v) is 9.54. The predicted molar refractivity (Wildman–Crippen MR) is 112 cm³/mol. The third kappa shape index (κ3) is 3.31. The van der Waals surface area contributed by atoms with E-state index >= 15 is 0 Å². The van der Waals surface area contributed by atoms with E-state index in [1.807, 2.05) is 0 Å². The van der Waals surface area contributed by atoms with Crippen LogP contribution < -0.4 is 0 Å². The van der Waals surface area contributed by atoms with Gasteiger partial charge in [0.15, 0.2) is 0 Å². The van der Waals surface area contributed by atoms with Gasteiger partial charge in [0.1, 0.15) is 0 Å². The number of aryl methyl sites for hydroxylation is 1. The Bertz CT molecular complexity index is 958. The Hall–Kier alpha value is -2.42. The van der Waals surface area contributed by atoms with Gasteiger partial charge in [-0.25, -0.2) is 0 Å². The smallest absolute Gasteiger partial charge is 0.0515 e. The lowest BCUT2D eigenvalue weighted by atomic mass is 9.70. The third-order valence-electron chi connectivity index (χ3n) is 5.91. The molecule has 0 spiro atoms. The van der Waals surface area contributed by atoms with Crippen LogP contribution in [0.3, 0.4) is 0 Å². The lowest BCUT2D eigenvalue weighted by Gasteiger charge is -2.36. The summed E-state index contributed by atoms with van der Waals surface area (Å²) in [6.07, 6.45) is 6.85. The highest BCUT2D eigenvalue weighted by Crippen LogP contribution is 2.42. The Balaban J connectivity index is 1.63. The summed E-state index contributed by atoms with van der Waals surface area (Å²) in [5, 5.41) is 19.5. The molecule has 0 bridgehead atoms. The van der Waals surface area contributed by atoms with Gasteiger partial charge in [0, 0.05) is 5.41 Å². The quantitative estimate of drug-likeness (QED) is 0.824. The molecule has 0 aliphatic heterocycles. The maximum atomic E-state index is 9.75. The van der Waals surface area contributed by atoms with Crippen molar-refractivity contribution in [3.63, 3.8) is 0 Å². The summed E-state index contributed by atoms with van der Waals surface area (Å²) in [5.74, 6) is 0. The topological polar surface area (TPSA) is 40.5 Å². The van der Waals surface area contributed by atoms with E-state index in [2.05, 4.69) is 68.1 Å². The van der Waals surface area contributed by atoms with E-state index in [9.17, 15) is 10.2 Å². The van der Waals surface area contributed by atoms with Crippen LogP contribution in [0, 0.1) is 12.3 Å². The molecular weight excluding hydrogens is 332 g/mol. The fourth-order valence-corrected chi connectivity index (χ4v) is 4.30. The fraction of sp³-hybridized carbons (Fsp3) is 0.280. The molecule has 2 aromatic carbocycles. The van der Waals surface area contributed by atoms with Crippen LogP contribution in [0.25, 0.3) is 16.7 Å². The molecule has 0 radical (unpaired) electrons. The average molecular weight is 358 g/mol. The zero-order valence-corrected chi connectivity index (χ0v) is 15.8. The molecule has 0 saturated heterocycles. The van der Waals surface area contributed by atoms with Crippen molar-refractivity contribution < 1.29 is 10.2 Å². The van der Waals surface area contributed by atoms with Gasteiger partial charge in [-0.05, 0) is 71.2 Å². The molecule has 0 fully saturated rings. The van der Waals surface area contributed by atoms with Gasteiger partial charge in [-0.15, -0.1) is 0 Å². The van der Waals surface area contributed by atoms with Crippen molar-refractivity contribution in [2.24, 2.45) is 5.41 Å². The van der Waals surface area contributed by atoms with E-state index in [0.29, 0.717) is 12.8 Å². The normalized spacial score (nSPS) is 18.1. The Morgan fingerprint density at radius 2 is 1.81 bits per heavy atom. The van der Waals surface area contributed by atoms with Crippen LogP contribution in [0.15, 0.2) is 61.2 Å². The highest BCUT2D eigenvalue weighted by Gasteiger charge is 2.35. The van der Waals surface area contributed by atoms with E-state index < -0.39 is 5.41 Å². The van der Waals surface area contributed by atoms with Gasteiger partial charge in [0.05, 0.1) is 13.2 Å². The molecule has 2 aliphatic carbocycles. The predicted octanol–water partition coefficient (Wildman–Crippen LogP) is 4.80. The number of fused-ring (bicyclic) bond motifs is 1. The maximum Gasteiger partial charge on any atom is 0.0515 e. The van der Waals surface area contributed by atoms with E-state index in [1.165, 1.54) is 39.0 Å². The summed E-state index contributed by atoms with van der Waals surface area (Å²) >= 11 is 0. The lowest BCUT2D eigenvalue weighted by Crippen LogP contribution is -2.35. The number of hydrogen-bond donors (Lipinski definition) is 2. The van der Waals surface area contributed by atoms with Crippen LogP contribution in [-0.4, -0.2) is 23.4 Å². The van der Waals surface area contributed by atoms with Crippen molar-refractivity contribution in [3.05, 3.63) is 89.0 Å². The van der Waals surface area contributed by atoms with Crippen molar-refractivity contribution in [2.75, 3.05) is 13.2 Å². The Morgan fingerprint density at radius 3 is 2.56 bits per heavy atom. The number of aliphatic hydroxyl groups excluding tert-OH is 2. The molecule has 0 unspecified atom stereocenters. The highest BCUT2D eigenvalue weighted by atomic mass is 16.3. The largest absolute Gasteiger partial charge is 0.396 e. The van der Waals surface area contributed by atoms with Crippen LogP contribution in [0.5, 0.6) is 0 Å². The monoisotopic (exact) mass is 358 g/mol. The zero-order valence-electron chi connectivity index (χ0n) is 15.8. The summed E-state index contributed by atoms with van der Waals surface area (Å²) in [4.78, 5) is 0. The van der Waals surface area contributed by atoms with Gasteiger partial charge in [0.25, 0.3) is 0 Å². The molecule has 138 valence electrons. The highest BCUT2D eigenvalue weighted by molar-refractivity contribution is 5.90. The molecule has 4 rings (SSSR count).